The first kappa shape index (κ1) is 24.6. The van der Waals surface area contributed by atoms with Gasteiger partial charge in [-0.05, 0) is 31.9 Å². The topological polar surface area (TPSA) is 76.8 Å². The molecule has 0 unspecified atom stereocenters. The molecule has 4 aromatic rings. The number of halogens is 3. The minimum absolute atomic E-state index is 0.101. The van der Waals surface area contributed by atoms with E-state index >= 15 is 0 Å². The summed E-state index contributed by atoms with van der Waals surface area (Å²) in [5.41, 5.74) is 4.73. The van der Waals surface area contributed by atoms with E-state index in [1.165, 1.54) is 6.07 Å². The Bertz CT molecular complexity index is 1420. The third-order valence-electron chi connectivity index (χ3n) is 6.70. The molecule has 1 aliphatic rings. The van der Waals surface area contributed by atoms with E-state index in [-0.39, 0.29) is 17.9 Å². The summed E-state index contributed by atoms with van der Waals surface area (Å²) in [6.45, 7) is 6.16. The van der Waals surface area contributed by atoms with Gasteiger partial charge in [-0.25, -0.2) is 4.68 Å². The molecule has 2 aromatic heterocycles. The summed E-state index contributed by atoms with van der Waals surface area (Å²) >= 11 is 0. The summed E-state index contributed by atoms with van der Waals surface area (Å²) in [6, 6.07) is 16.0. The van der Waals surface area contributed by atoms with E-state index in [1.54, 1.807) is 35.9 Å². The smallest absolute Gasteiger partial charge is 0.363 e. The van der Waals surface area contributed by atoms with Gasteiger partial charge in [0.25, 0.3) is 5.91 Å². The molecule has 2 N–H and O–H groups in total. The van der Waals surface area contributed by atoms with Crippen molar-refractivity contribution in [3.8, 4) is 0 Å². The number of carbonyl (C=O) groups excluding carboxylic acids is 1. The lowest BCUT2D eigenvalue weighted by molar-refractivity contribution is -0.173. The van der Waals surface area contributed by atoms with Crippen LogP contribution in [0.15, 0.2) is 60.7 Å². The summed E-state index contributed by atoms with van der Waals surface area (Å²) < 4.78 is 44.6. The Hall–Kier alpha value is -4.08. The first-order valence-electron chi connectivity index (χ1n) is 12.0. The number of rotatable bonds is 5. The summed E-state index contributed by atoms with van der Waals surface area (Å²) in [5, 5.41) is 14.5. The lowest BCUT2D eigenvalue weighted by Gasteiger charge is -2.33. The molecule has 10 heteroatoms. The third-order valence-corrected chi connectivity index (χ3v) is 6.70. The summed E-state index contributed by atoms with van der Waals surface area (Å²) in [4.78, 5) is 13.1. The molecule has 2 atom stereocenters. The van der Waals surface area contributed by atoms with Crippen LogP contribution in [0.4, 0.5) is 24.7 Å². The van der Waals surface area contributed by atoms with Gasteiger partial charge in [-0.15, -0.1) is 0 Å². The highest BCUT2D eigenvalue weighted by Crippen LogP contribution is 2.43. The Morgan fingerprint density at radius 1 is 1.05 bits per heavy atom. The minimum Gasteiger partial charge on any atom is -0.363 e. The number of hydrogen-bond acceptors (Lipinski definition) is 4. The van der Waals surface area contributed by atoms with Crippen LogP contribution in [0, 0.1) is 20.8 Å². The molecule has 3 heterocycles. The van der Waals surface area contributed by atoms with Gasteiger partial charge in [-0.2, -0.15) is 23.4 Å². The van der Waals surface area contributed by atoms with Gasteiger partial charge in [-0.3, -0.25) is 9.48 Å². The number of nitrogens with one attached hydrogen (secondary N) is 2. The molecular formula is C27H27F3N6O. The molecule has 37 heavy (non-hydrogen) atoms. The molecule has 0 radical (unpaired) electrons. The van der Waals surface area contributed by atoms with Crippen molar-refractivity contribution < 1.29 is 18.0 Å². The minimum atomic E-state index is -4.52. The van der Waals surface area contributed by atoms with E-state index in [9.17, 15) is 18.0 Å². The number of anilines is 2. The predicted molar refractivity (Wildman–Crippen MR) is 135 cm³/mol. The summed E-state index contributed by atoms with van der Waals surface area (Å²) in [5.74, 6) is -0.446. The molecule has 5 rings (SSSR count). The summed E-state index contributed by atoms with van der Waals surface area (Å²) in [6.07, 6.45) is -4.75. The predicted octanol–water partition coefficient (Wildman–Crippen LogP) is 5.97. The van der Waals surface area contributed by atoms with Gasteiger partial charge in [0.2, 0.25) is 0 Å². The molecule has 0 spiro atoms. The van der Waals surface area contributed by atoms with Crippen molar-refractivity contribution in [3.05, 3.63) is 94.4 Å². The van der Waals surface area contributed by atoms with Crippen molar-refractivity contribution in [2.75, 3.05) is 10.6 Å². The Labute approximate surface area is 212 Å². The standard InChI is InChI=1S/C27H27F3N6O/c1-16-9-11-19(12-10-16)15-35-18(3)25(17(2)33-35)32-26(37)22-14-24-31-21(20-7-5-4-6-8-20)13-23(27(28,29)30)36(24)34-22/h4-12,14,21,23,31H,13,15H2,1-3H3,(H,32,37)/t21-,23+/m0/s1. The number of aromatic nitrogens is 4. The van der Waals surface area contributed by atoms with Crippen LogP contribution in [0.1, 0.15) is 57.1 Å². The molecule has 0 saturated carbocycles. The molecule has 0 fully saturated rings. The molecule has 1 aliphatic heterocycles. The zero-order valence-corrected chi connectivity index (χ0v) is 20.7. The van der Waals surface area contributed by atoms with Gasteiger partial charge in [-0.1, -0.05) is 60.2 Å². The molecule has 0 aliphatic carbocycles. The molecule has 0 bridgehead atoms. The van der Waals surface area contributed by atoms with Gasteiger partial charge in [0.05, 0.1) is 29.7 Å². The highest BCUT2D eigenvalue weighted by molar-refractivity contribution is 6.04. The van der Waals surface area contributed by atoms with E-state index < -0.39 is 24.2 Å². The van der Waals surface area contributed by atoms with Crippen LogP contribution in [-0.4, -0.2) is 31.6 Å². The lowest BCUT2D eigenvalue weighted by Crippen LogP contribution is -2.35. The fourth-order valence-electron chi connectivity index (χ4n) is 4.66. The van der Waals surface area contributed by atoms with E-state index in [0.717, 1.165) is 27.1 Å². The second-order valence-corrected chi connectivity index (χ2v) is 9.40. The van der Waals surface area contributed by atoms with Crippen LogP contribution in [-0.2, 0) is 6.54 Å². The van der Waals surface area contributed by atoms with Crippen molar-refractivity contribution in [2.45, 2.75) is 52.0 Å². The van der Waals surface area contributed by atoms with Crippen LogP contribution in [0.2, 0.25) is 0 Å². The average molecular weight is 509 g/mol. The van der Waals surface area contributed by atoms with Crippen LogP contribution < -0.4 is 10.6 Å². The Balaban J connectivity index is 1.39. The van der Waals surface area contributed by atoms with Crippen LogP contribution >= 0.6 is 0 Å². The normalized spacial score (nSPS) is 17.2. The Morgan fingerprint density at radius 3 is 2.43 bits per heavy atom. The van der Waals surface area contributed by atoms with Crippen LogP contribution in [0.3, 0.4) is 0 Å². The fraction of sp³-hybridized carbons (Fsp3) is 0.296. The molecule has 2 aromatic carbocycles. The number of alkyl halides is 3. The molecule has 0 saturated heterocycles. The summed E-state index contributed by atoms with van der Waals surface area (Å²) in [7, 11) is 0. The van der Waals surface area contributed by atoms with E-state index in [2.05, 4.69) is 20.8 Å². The highest BCUT2D eigenvalue weighted by Gasteiger charge is 2.46. The van der Waals surface area contributed by atoms with Gasteiger partial charge in [0.15, 0.2) is 11.7 Å². The van der Waals surface area contributed by atoms with Gasteiger partial charge < -0.3 is 10.6 Å². The largest absolute Gasteiger partial charge is 0.410 e. The first-order valence-corrected chi connectivity index (χ1v) is 12.0. The van der Waals surface area contributed by atoms with Crippen molar-refractivity contribution in [2.24, 2.45) is 0 Å². The fourth-order valence-corrected chi connectivity index (χ4v) is 4.66. The Morgan fingerprint density at radius 2 is 1.76 bits per heavy atom. The van der Waals surface area contributed by atoms with Crippen molar-refractivity contribution in [3.63, 3.8) is 0 Å². The SMILES string of the molecule is Cc1ccc(Cn2nc(C)c(NC(=O)c3cc4n(n3)[C@@H](C(F)(F)F)C[C@@H](c3ccccc3)N4)c2C)cc1. The average Bonchev–Trinajstić information content (AvgIpc) is 3.41. The van der Waals surface area contributed by atoms with Gasteiger partial charge in [0.1, 0.15) is 5.82 Å². The first-order chi connectivity index (χ1) is 17.6. The van der Waals surface area contributed by atoms with Crippen molar-refractivity contribution in [1.82, 2.24) is 19.6 Å². The third kappa shape index (κ3) is 4.96. The maximum atomic E-state index is 14.0. The maximum Gasteiger partial charge on any atom is 0.410 e. The zero-order valence-electron chi connectivity index (χ0n) is 20.7. The second kappa shape index (κ2) is 9.42. The van der Waals surface area contributed by atoms with E-state index in [0.29, 0.717) is 17.9 Å². The Kier molecular flexibility index (Phi) is 6.26. The molecule has 7 nitrogen and oxygen atoms in total. The second-order valence-electron chi connectivity index (χ2n) is 9.40. The van der Waals surface area contributed by atoms with Crippen LogP contribution in [0.25, 0.3) is 0 Å². The maximum absolute atomic E-state index is 14.0. The molecular weight excluding hydrogens is 481 g/mol. The molecule has 1 amide bonds. The highest BCUT2D eigenvalue weighted by atomic mass is 19.4. The van der Waals surface area contributed by atoms with Gasteiger partial charge in [0, 0.05) is 12.5 Å². The number of fused-ring (bicyclic) bond motifs is 1. The monoisotopic (exact) mass is 508 g/mol. The molecule has 192 valence electrons. The van der Waals surface area contributed by atoms with Crippen LogP contribution in [0.5, 0.6) is 0 Å². The number of aryl methyl sites for hydroxylation is 2. The number of nitrogens with zero attached hydrogens (tertiary/aromatic N) is 4. The number of amides is 1. The zero-order chi connectivity index (χ0) is 26.3. The number of hydrogen-bond donors (Lipinski definition) is 2. The number of carbonyl (C=O) groups is 1. The van der Waals surface area contributed by atoms with Gasteiger partial charge >= 0.3 is 6.18 Å². The number of benzene rings is 2. The van der Waals surface area contributed by atoms with E-state index in [4.69, 9.17) is 0 Å². The lowest BCUT2D eigenvalue weighted by atomic mass is 9.97. The quantitative estimate of drug-likeness (QED) is 0.349. The van der Waals surface area contributed by atoms with Crippen molar-refractivity contribution in [1.29, 1.82) is 0 Å². The van der Waals surface area contributed by atoms with E-state index in [1.807, 2.05) is 44.2 Å². The van der Waals surface area contributed by atoms with Crippen molar-refractivity contribution >= 4 is 17.4 Å².